The summed E-state index contributed by atoms with van der Waals surface area (Å²) in [6.45, 7) is 7.07. The van der Waals surface area contributed by atoms with Gasteiger partial charge in [0.15, 0.2) is 5.78 Å². The van der Waals surface area contributed by atoms with Crippen LogP contribution in [0.15, 0.2) is 23.0 Å². The highest BCUT2D eigenvalue weighted by molar-refractivity contribution is 7.07. The Bertz CT molecular complexity index is 1130. The molecule has 0 aliphatic carbocycles. The van der Waals surface area contributed by atoms with E-state index in [-0.39, 0.29) is 33.5 Å². The Morgan fingerprint density at radius 1 is 1.35 bits per heavy atom. The third-order valence-corrected chi connectivity index (χ3v) is 5.72. The van der Waals surface area contributed by atoms with Gasteiger partial charge in [-0.1, -0.05) is 38.4 Å². The third-order valence-electron chi connectivity index (χ3n) is 4.33. The lowest BCUT2D eigenvalue weighted by Crippen LogP contribution is -2.42. The summed E-state index contributed by atoms with van der Waals surface area (Å²) in [5.41, 5.74) is -1.10. The van der Waals surface area contributed by atoms with E-state index in [9.17, 15) is 18.8 Å². The van der Waals surface area contributed by atoms with Gasteiger partial charge in [-0.3, -0.25) is 19.0 Å². The molecule has 1 heterocycles. The van der Waals surface area contributed by atoms with Crippen LogP contribution >= 0.6 is 22.9 Å². The van der Waals surface area contributed by atoms with Crippen LogP contribution < -0.4 is 20.1 Å². The molecular weight excluding hydrogens is 443 g/mol. The Morgan fingerprint density at radius 3 is 2.61 bits per heavy atom. The van der Waals surface area contributed by atoms with Gasteiger partial charge in [0.25, 0.3) is 5.56 Å². The summed E-state index contributed by atoms with van der Waals surface area (Å²) in [5.74, 6) is -1.18. The van der Waals surface area contributed by atoms with E-state index in [1.165, 1.54) is 42.0 Å². The monoisotopic (exact) mass is 468 g/mol. The largest absolute Gasteiger partial charge is 0.383 e. The number of carbonyl (C=O) groups is 2. The third kappa shape index (κ3) is 6.59. The molecule has 1 N–H and O–H groups in total. The van der Waals surface area contributed by atoms with Gasteiger partial charge in [-0.2, -0.15) is 0 Å². The molecule has 0 saturated carbocycles. The van der Waals surface area contributed by atoms with Crippen molar-refractivity contribution >= 4 is 46.8 Å². The van der Waals surface area contributed by atoms with Gasteiger partial charge in [0, 0.05) is 30.2 Å². The maximum Gasteiger partial charge on any atom is 0.269 e. The van der Waals surface area contributed by atoms with E-state index in [4.69, 9.17) is 16.3 Å². The lowest BCUT2D eigenvalue weighted by molar-refractivity contribution is -0.123. The number of hydrogen-bond donors (Lipinski definition) is 1. The maximum atomic E-state index is 14.2. The summed E-state index contributed by atoms with van der Waals surface area (Å²) in [6, 6.07) is 3.97. The first-order chi connectivity index (χ1) is 14.4. The number of nitrogens with one attached hydrogen (secondary N) is 1. The zero-order valence-corrected chi connectivity index (χ0v) is 19.7. The van der Waals surface area contributed by atoms with Crippen LogP contribution in [0.25, 0.3) is 12.2 Å². The number of methoxy groups -OCH3 is 1. The van der Waals surface area contributed by atoms with Crippen molar-refractivity contribution in [2.24, 2.45) is 5.41 Å². The van der Waals surface area contributed by atoms with Crippen LogP contribution in [-0.2, 0) is 20.9 Å². The molecule has 1 unspecified atom stereocenters. The van der Waals surface area contributed by atoms with Gasteiger partial charge < -0.3 is 10.1 Å². The van der Waals surface area contributed by atoms with Crippen LogP contribution in [-0.4, -0.2) is 36.0 Å². The lowest BCUT2D eigenvalue weighted by atomic mass is 9.91. The zero-order chi connectivity index (χ0) is 23.3. The number of ketones is 1. The van der Waals surface area contributed by atoms with E-state index in [2.05, 4.69) is 5.32 Å². The molecule has 0 bridgehead atoms. The molecule has 0 fully saturated rings. The molecule has 0 saturated heterocycles. The van der Waals surface area contributed by atoms with Gasteiger partial charge in [-0.25, -0.2) is 4.39 Å². The van der Waals surface area contributed by atoms with Crippen LogP contribution in [0.5, 0.6) is 0 Å². The van der Waals surface area contributed by atoms with Gasteiger partial charge in [0.1, 0.15) is 17.0 Å². The number of hydrogen-bond acceptors (Lipinski definition) is 5. The number of rotatable bonds is 7. The molecule has 2 rings (SSSR count). The summed E-state index contributed by atoms with van der Waals surface area (Å²) < 4.78 is 20.9. The number of thiazole rings is 1. The number of amides is 1. The van der Waals surface area contributed by atoms with E-state index in [1.54, 1.807) is 27.7 Å². The number of halogens is 2. The molecule has 1 atom stereocenters. The first-order valence-corrected chi connectivity index (χ1v) is 10.8. The Morgan fingerprint density at radius 2 is 2.03 bits per heavy atom. The highest BCUT2D eigenvalue weighted by Gasteiger charge is 2.20. The topological polar surface area (TPSA) is 77.4 Å². The second-order valence-electron chi connectivity index (χ2n) is 8.16. The van der Waals surface area contributed by atoms with Crippen molar-refractivity contribution in [3.8, 4) is 0 Å². The Balaban J connectivity index is 2.61. The molecule has 0 aliphatic heterocycles. The molecule has 1 aromatic carbocycles. The van der Waals surface area contributed by atoms with Crippen molar-refractivity contribution in [1.82, 2.24) is 9.88 Å². The quantitative estimate of drug-likeness (QED) is 0.675. The zero-order valence-electron chi connectivity index (χ0n) is 18.1. The highest BCUT2D eigenvalue weighted by Crippen LogP contribution is 2.19. The Hall–Kier alpha value is -2.29. The van der Waals surface area contributed by atoms with E-state index >= 15 is 0 Å². The number of aromatic nitrogens is 1. The summed E-state index contributed by atoms with van der Waals surface area (Å²) in [4.78, 5) is 38.0. The fourth-order valence-corrected chi connectivity index (χ4v) is 3.90. The van der Waals surface area contributed by atoms with E-state index in [0.717, 1.165) is 11.3 Å². The van der Waals surface area contributed by atoms with E-state index < -0.39 is 22.7 Å². The average molecular weight is 469 g/mol. The molecule has 9 heteroatoms. The maximum absolute atomic E-state index is 14.2. The van der Waals surface area contributed by atoms with Crippen molar-refractivity contribution in [2.45, 2.75) is 40.3 Å². The van der Waals surface area contributed by atoms with Crippen LogP contribution in [0.1, 0.15) is 33.3 Å². The molecule has 0 radical (unpaired) electrons. The van der Waals surface area contributed by atoms with Gasteiger partial charge in [-0.15, -0.1) is 11.3 Å². The number of Topliss-reactive ketones (excluding diaryl/α,β-unsaturated/α-hetero) is 1. The van der Waals surface area contributed by atoms with Gasteiger partial charge in [-0.05, 0) is 25.1 Å². The van der Waals surface area contributed by atoms with Gasteiger partial charge in [0.05, 0.1) is 16.2 Å². The minimum Gasteiger partial charge on any atom is -0.383 e. The first-order valence-electron chi connectivity index (χ1n) is 9.64. The Labute approximate surface area is 189 Å². The fourth-order valence-electron chi connectivity index (χ4n) is 2.66. The lowest BCUT2D eigenvalue weighted by Gasteiger charge is -2.14. The highest BCUT2D eigenvalue weighted by atomic mass is 35.5. The number of ether oxygens (including phenoxy) is 1. The second-order valence-corrected chi connectivity index (χ2v) is 9.63. The van der Waals surface area contributed by atoms with Crippen molar-refractivity contribution in [3.05, 3.63) is 54.2 Å². The van der Waals surface area contributed by atoms with Crippen LogP contribution in [0, 0.1) is 11.2 Å². The van der Waals surface area contributed by atoms with Crippen molar-refractivity contribution in [3.63, 3.8) is 0 Å². The minimum atomic E-state index is -0.668. The molecular formula is C22H26ClFN2O4S. The minimum absolute atomic E-state index is 0.0709. The van der Waals surface area contributed by atoms with Crippen molar-refractivity contribution < 1.29 is 18.7 Å². The SMILES string of the molecule is COCC(C)NC(=O)Cn1c(=O)/c(=C/c2c(F)cccc2Cl)s/c1=C/C(=O)C(C)(C)C. The van der Waals surface area contributed by atoms with Crippen LogP contribution in [0.4, 0.5) is 4.39 Å². The fraction of sp³-hybridized carbons (Fsp3) is 0.409. The molecule has 168 valence electrons. The smallest absolute Gasteiger partial charge is 0.269 e. The Kier molecular flexibility index (Phi) is 8.34. The number of nitrogens with zero attached hydrogens (tertiary/aromatic N) is 1. The van der Waals surface area contributed by atoms with E-state index in [1.807, 2.05) is 0 Å². The molecule has 1 amide bonds. The summed E-state index contributed by atoms with van der Waals surface area (Å²) in [7, 11) is 1.52. The number of benzene rings is 1. The molecule has 0 aliphatic rings. The van der Waals surface area contributed by atoms with Crippen LogP contribution in [0.2, 0.25) is 5.02 Å². The average Bonchev–Trinajstić information content (AvgIpc) is 2.93. The predicted octanol–water partition coefficient (Wildman–Crippen LogP) is 2.08. The van der Waals surface area contributed by atoms with E-state index in [0.29, 0.717) is 11.3 Å². The molecule has 1 aromatic heterocycles. The first kappa shape index (κ1) is 25.0. The predicted molar refractivity (Wildman–Crippen MR) is 121 cm³/mol. The standard InChI is InChI=1S/C22H26ClFN2O4S/c1-13(12-30-5)25-19(28)11-26-20(10-18(27)22(2,3)4)31-17(21(26)29)9-14-15(23)7-6-8-16(14)24/h6-10,13H,11-12H2,1-5H3,(H,25,28)/b17-9-,20-10+. The summed E-state index contributed by atoms with van der Waals surface area (Å²) in [6.07, 6.45) is 2.68. The molecule has 6 nitrogen and oxygen atoms in total. The molecule has 31 heavy (non-hydrogen) atoms. The summed E-state index contributed by atoms with van der Waals surface area (Å²) >= 11 is 7.08. The summed E-state index contributed by atoms with van der Waals surface area (Å²) in [5, 5.41) is 2.89. The molecule has 2 aromatic rings. The van der Waals surface area contributed by atoms with Gasteiger partial charge >= 0.3 is 0 Å². The van der Waals surface area contributed by atoms with Gasteiger partial charge in [0.2, 0.25) is 5.91 Å². The normalized spacial score (nSPS) is 14.0. The molecule has 0 spiro atoms. The second kappa shape index (κ2) is 10.3. The van der Waals surface area contributed by atoms with Crippen molar-refractivity contribution in [2.75, 3.05) is 13.7 Å². The van der Waals surface area contributed by atoms with Crippen LogP contribution in [0.3, 0.4) is 0 Å². The van der Waals surface area contributed by atoms with Crippen molar-refractivity contribution in [1.29, 1.82) is 0 Å². The number of carbonyl (C=O) groups excluding carboxylic acids is 2.